The van der Waals surface area contributed by atoms with Gasteiger partial charge in [-0.25, -0.2) is 4.98 Å². The lowest BCUT2D eigenvalue weighted by Gasteiger charge is -2.24. The molecule has 3 nitrogen and oxygen atoms in total. The first-order chi connectivity index (χ1) is 7.28. The third-order valence-corrected chi connectivity index (χ3v) is 3.60. The quantitative estimate of drug-likeness (QED) is 0.794. The van der Waals surface area contributed by atoms with Gasteiger partial charge in [0.25, 0.3) is 0 Å². The molecule has 0 unspecified atom stereocenters. The molecule has 1 aromatic heterocycles. The topological polar surface area (TPSA) is 42.1 Å². The van der Waals surface area contributed by atoms with E-state index in [1.807, 2.05) is 0 Å². The van der Waals surface area contributed by atoms with Crippen molar-refractivity contribution in [1.29, 1.82) is 0 Å². The first-order valence-electron chi connectivity index (χ1n) is 5.29. The van der Waals surface area contributed by atoms with Gasteiger partial charge in [0.2, 0.25) is 0 Å². The van der Waals surface area contributed by atoms with E-state index in [0.29, 0.717) is 6.54 Å². The van der Waals surface area contributed by atoms with Crippen molar-refractivity contribution in [2.24, 2.45) is 5.73 Å². The number of rotatable bonds is 3. The normalized spacial score (nSPS) is 17.9. The number of nitrogens with zero attached hydrogens (tertiary/aromatic N) is 2. The highest BCUT2D eigenvalue weighted by Gasteiger charge is 2.11. The highest BCUT2D eigenvalue weighted by atomic mass is 32.1. The average Bonchev–Trinajstić information content (AvgIpc) is 2.69. The molecule has 2 N–H and O–H groups in total. The van der Waals surface area contributed by atoms with E-state index >= 15 is 0 Å². The van der Waals surface area contributed by atoms with Crippen LogP contribution in [0.5, 0.6) is 0 Å². The first-order valence-corrected chi connectivity index (χ1v) is 6.17. The SMILES string of the molecule is CC1=CCN(Cc2csc(CN)n2)CC1. The number of hydrogen-bond donors (Lipinski definition) is 1. The molecule has 0 amide bonds. The summed E-state index contributed by atoms with van der Waals surface area (Å²) in [5.41, 5.74) is 8.21. The van der Waals surface area contributed by atoms with Crippen molar-refractivity contribution in [1.82, 2.24) is 9.88 Å². The standard InChI is InChI=1S/C11H17N3S/c1-9-2-4-14(5-3-9)7-10-8-15-11(6-12)13-10/h2,8H,3-7,12H2,1H3. The molecular formula is C11H17N3S. The largest absolute Gasteiger partial charge is 0.325 e. The lowest BCUT2D eigenvalue weighted by atomic mass is 10.1. The molecule has 0 aliphatic carbocycles. The molecule has 82 valence electrons. The van der Waals surface area contributed by atoms with Crippen molar-refractivity contribution in [3.05, 3.63) is 27.7 Å². The van der Waals surface area contributed by atoms with E-state index in [1.54, 1.807) is 11.3 Å². The molecule has 0 aromatic carbocycles. The maximum atomic E-state index is 5.54. The van der Waals surface area contributed by atoms with Gasteiger partial charge in [-0.3, -0.25) is 4.90 Å². The molecule has 1 aliphatic heterocycles. The first kappa shape index (κ1) is 10.8. The Morgan fingerprint density at radius 2 is 2.47 bits per heavy atom. The molecule has 1 aliphatic rings. The van der Waals surface area contributed by atoms with Crippen LogP contribution in [0, 0.1) is 0 Å². The molecule has 0 saturated heterocycles. The molecule has 4 heteroatoms. The van der Waals surface area contributed by atoms with Crippen LogP contribution in [0.15, 0.2) is 17.0 Å². The summed E-state index contributed by atoms with van der Waals surface area (Å²) < 4.78 is 0. The number of thiazole rings is 1. The van der Waals surface area contributed by atoms with Crippen LogP contribution >= 0.6 is 11.3 Å². The summed E-state index contributed by atoms with van der Waals surface area (Å²) >= 11 is 1.66. The van der Waals surface area contributed by atoms with Gasteiger partial charge in [-0.05, 0) is 13.3 Å². The van der Waals surface area contributed by atoms with Gasteiger partial charge in [0.15, 0.2) is 0 Å². The van der Waals surface area contributed by atoms with Gasteiger partial charge in [0, 0.05) is 31.6 Å². The highest BCUT2D eigenvalue weighted by molar-refractivity contribution is 7.09. The minimum Gasteiger partial charge on any atom is -0.325 e. The van der Waals surface area contributed by atoms with Crippen molar-refractivity contribution in [2.75, 3.05) is 13.1 Å². The molecule has 1 aromatic rings. The maximum absolute atomic E-state index is 5.54. The summed E-state index contributed by atoms with van der Waals surface area (Å²) in [4.78, 5) is 6.89. The van der Waals surface area contributed by atoms with E-state index in [4.69, 9.17) is 5.73 Å². The lowest BCUT2D eigenvalue weighted by Crippen LogP contribution is -2.28. The molecular weight excluding hydrogens is 206 g/mol. The van der Waals surface area contributed by atoms with Crippen molar-refractivity contribution >= 4 is 11.3 Å². The van der Waals surface area contributed by atoms with Gasteiger partial charge in [-0.2, -0.15) is 0 Å². The minimum absolute atomic E-state index is 0.559. The Morgan fingerprint density at radius 3 is 3.07 bits per heavy atom. The zero-order valence-corrected chi connectivity index (χ0v) is 9.89. The van der Waals surface area contributed by atoms with Crippen LogP contribution in [0.25, 0.3) is 0 Å². The number of nitrogens with two attached hydrogens (primary N) is 1. The summed E-state index contributed by atoms with van der Waals surface area (Å²) in [6.07, 6.45) is 3.49. The monoisotopic (exact) mass is 223 g/mol. The van der Waals surface area contributed by atoms with Gasteiger partial charge >= 0.3 is 0 Å². The van der Waals surface area contributed by atoms with Crippen LogP contribution in [-0.4, -0.2) is 23.0 Å². The Hall–Kier alpha value is -0.710. The minimum atomic E-state index is 0.559. The van der Waals surface area contributed by atoms with E-state index in [9.17, 15) is 0 Å². The molecule has 15 heavy (non-hydrogen) atoms. The molecule has 0 atom stereocenters. The highest BCUT2D eigenvalue weighted by Crippen LogP contribution is 2.15. The summed E-state index contributed by atoms with van der Waals surface area (Å²) in [6.45, 7) is 5.93. The van der Waals surface area contributed by atoms with E-state index in [0.717, 1.165) is 30.3 Å². The summed E-state index contributed by atoms with van der Waals surface area (Å²) in [7, 11) is 0. The Morgan fingerprint density at radius 1 is 1.60 bits per heavy atom. The summed E-state index contributed by atoms with van der Waals surface area (Å²) in [6, 6.07) is 0. The number of aromatic nitrogens is 1. The average molecular weight is 223 g/mol. The molecule has 0 saturated carbocycles. The third-order valence-electron chi connectivity index (χ3n) is 2.68. The molecule has 0 fully saturated rings. The second-order valence-corrected chi connectivity index (χ2v) is 4.91. The van der Waals surface area contributed by atoms with Crippen molar-refractivity contribution in [3.63, 3.8) is 0 Å². The number of hydrogen-bond acceptors (Lipinski definition) is 4. The predicted octanol–water partition coefficient (Wildman–Crippen LogP) is 1.75. The van der Waals surface area contributed by atoms with Crippen LogP contribution < -0.4 is 5.73 Å². The third kappa shape index (κ3) is 2.87. The smallest absolute Gasteiger partial charge is 0.106 e. The van der Waals surface area contributed by atoms with Crippen LogP contribution in [0.2, 0.25) is 0 Å². The second-order valence-electron chi connectivity index (χ2n) is 3.97. The summed E-state index contributed by atoms with van der Waals surface area (Å²) in [5.74, 6) is 0. The lowest BCUT2D eigenvalue weighted by molar-refractivity contribution is 0.283. The summed E-state index contributed by atoms with van der Waals surface area (Å²) in [5, 5.41) is 3.15. The Bertz CT molecular complexity index is 356. The Kier molecular flexibility index (Phi) is 3.51. The van der Waals surface area contributed by atoms with Gasteiger partial charge in [-0.15, -0.1) is 11.3 Å². The molecule has 2 rings (SSSR count). The Labute approximate surface area is 94.6 Å². The predicted molar refractivity (Wildman–Crippen MR) is 63.7 cm³/mol. The van der Waals surface area contributed by atoms with Gasteiger partial charge < -0.3 is 5.73 Å². The molecule has 0 spiro atoms. The van der Waals surface area contributed by atoms with Crippen LogP contribution in [-0.2, 0) is 13.1 Å². The van der Waals surface area contributed by atoms with E-state index in [-0.39, 0.29) is 0 Å². The van der Waals surface area contributed by atoms with Gasteiger partial charge in [0.05, 0.1) is 5.69 Å². The fraction of sp³-hybridized carbons (Fsp3) is 0.545. The zero-order valence-electron chi connectivity index (χ0n) is 9.07. The molecule has 0 radical (unpaired) electrons. The van der Waals surface area contributed by atoms with Gasteiger partial charge in [0.1, 0.15) is 5.01 Å². The van der Waals surface area contributed by atoms with Crippen molar-refractivity contribution in [2.45, 2.75) is 26.4 Å². The fourth-order valence-electron chi connectivity index (χ4n) is 1.70. The zero-order chi connectivity index (χ0) is 10.7. The van der Waals surface area contributed by atoms with Crippen LogP contribution in [0.3, 0.4) is 0 Å². The van der Waals surface area contributed by atoms with Gasteiger partial charge in [-0.1, -0.05) is 11.6 Å². The van der Waals surface area contributed by atoms with Crippen LogP contribution in [0.4, 0.5) is 0 Å². The maximum Gasteiger partial charge on any atom is 0.106 e. The molecule has 0 bridgehead atoms. The molecule has 2 heterocycles. The van der Waals surface area contributed by atoms with E-state index in [1.165, 1.54) is 12.0 Å². The van der Waals surface area contributed by atoms with E-state index in [2.05, 4.69) is 28.3 Å². The fourth-order valence-corrected chi connectivity index (χ4v) is 2.37. The second kappa shape index (κ2) is 4.88. The van der Waals surface area contributed by atoms with E-state index < -0.39 is 0 Å². The van der Waals surface area contributed by atoms with Crippen molar-refractivity contribution < 1.29 is 0 Å². The Balaban J connectivity index is 1.92. The van der Waals surface area contributed by atoms with Crippen LogP contribution in [0.1, 0.15) is 24.0 Å². The van der Waals surface area contributed by atoms with Crippen molar-refractivity contribution in [3.8, 4) is 0 Å².